The van der Waals surface area contributed by atoms with Crippen LogP contribution in [0.3, 0.4) is 0 Å². The number of hydrogen-bond donors (Lipinski definition) is 1. The van der Waals surface area contributed by atoms with Crippen LogP contribution in [0, 0.1) is 0 Å². The van der Waals surface area contributed by atoms with Crippen LogP contribution < -0.4 is 10.9 Å². The molecule has 6 nitrogen and oxygen atoms in total. The van der Waals surface area contributed by atoms with E-state index >= 15 is 0 Å². The molecule has 1 N–H and O–H groups in total. The fourth-order valence-electron chi connectivity index (χ4n) is 1.70. The molecule has 0 bridgehead atoms. The van der Waals surface area contributed by atoms with Crippen LogP contribution in [-0.2, 0) is 13.5 Å². The van der Waals surface area contributed by atoms with Crippen molar-refractivity contribution in [2.75, 3.05) is 6.54 Å². The molecule has 6 heteroatoms. The summed E-state index contributed by atoms with van der Waals surface area (Å²) in [5.41, 5.74) is 0.612. The minimum atomic E-state index is -0.100. The normalized spacial score (nSPS) is 11.8. The zero-order valence-corrected chi connectivity index (χ0v) is 12.3. The average Bonchev–Trinajstić information content (AvgIpc) is 2.80. The molecule has 108 valence electrons. The maximum Gasteiger partial charge on any atom is 0.251 e. The van der Waals surface area contributed by atoms with Gasteiger partial charge in [-0.25, -0.2) is 0 Å². The molecule has 2 rings (SSSR count). The molecule has 0 aliphatic rings. The van der Waals surface area contributed by atoms with Crippen LogP contribution in [0.25, 0.3) is 11.5 Å². The molecule has 0 radical (unpaired) electrons. The van der Waals surface area contributed by atoms with Gasteiger partial charge in [0.05, 0.1) is 0 Å². The van der Waals surface area contributed by atoms with E-state index in [0.717, 1.165) is 6.54 Å². The van der Waals surface area contributed by atoms with E-state index in [9.17, 15) is 4.79 Å². The summed E-state index contributed by atoms with van der Waals surface area (Å²) in [7, 11) is 1.70. The molecule has 0 aliphatic heterocycles. The zero-order valence-electron chi connectivity index (χ0n) is 12.3. The fraction of sp³-hybridized carbons (Fsp3) is 0.500. The van der Waals surface area contributed by atoms with Gasteiger partial charge in [-0.05, 0) is 26.8 Å². The minimum Gasteiger partial charge on any atom is -0.421 e. The Morgan fingerprint density at radius 3 is 2.75 bits per heavy atom. The lowest BCUT2D eigenvalue weighted by Crippen LogP contribution is -2.37. The monoisotopic (exact) mass is 276 g/mol. The van der Waals surface area contributed by atoms with Gasteiger partial charge in [-0.3, -0.25) is 4.79 Å². The van der Waals surface area contributed by atoms with Crippen LogP contribution in [0.15, 0.2) is 27.5 Å². The number of aromatic nitrogens is 3. The molecule has 0 atom stereocenters. The Morgan fingerprint density at radius 2 is 2.10 bits per heavy atom. The van der Waals surface area contributed by atoms with Gasteiger partial charge in [0.15, 0.2) is 0 Å². The first-order valence-electron chi connectivity index (χ1n) is 6.60. The summed E-state index contributed by atoms with van der Waals surface area (Å²) in [6.07, 6.45) is 2.35. The molecule has 0 spiro atoms. The Bertz CT molecular complexity index is 637. The van der Waals surface area contributed by atoms with Gasteiger partial charge in [-0.1, -0.05) is 0 Å². The van der Waals surface area contributed by atoms with Crippen LogP contribution in [0.5, 0.6) is 0 Å². The Labute approximate surface area is 117 Å². The maximum absolute atomic E-state index is 11.6. The molecule has 2 heterocycles. The number of pyridine rings is 1. The first kappa shape index (κ1) is 14.5. The third kappa shape index (κ3) is 3.77. The van der Waals surface area contributed by atoms with Crippen molar-refractivity contribution in [3.63, 3.8) is 0 Å². The molecule has 0 fully saturated rings. The van der Waals surface area contributed by atoms with Crippen molar-refractivity contribution in [2.24, 2.45) is 7.05 Å². The smallest absolute Gasteiger partial charge is 0.251 e. The molecule has 2 aromatic heterocycles. The van der Waals surface area contributed by atoms with Crippen molar-refractivity contribution in [1.82, 2.24) is 20.1 Å². The number of nitrogens with one attached hydrogen (secondary N) is 1. The van der Waals surface area contributed by atoms with Crippen LogP contribution in [0.4, 0.5) is 0 Å². The summed E-state index contributed by atoms with van der Waals surface area (Å²) in [4.78, 5) is 11.6. The maximum atomic E-state index is 11.6. The van der Waals surface area contributed by atoms with Gasteiger partial charge in [0.1, 0.15) is 0 Å². The van der Waals surface area contributed by atoms with E-state index in [0.29, 0.717) is 23.8 Å². The summed E-state index contributed by atoms with van der Waals surface area (Å²) in [5, 5.41) is 11.3. The van der Waals surface area contributed by atoms with Crippen LogP contribution in [0.1, 0.15) is 26.7 Å². The third-order valence-corrected chi connectivity index (χ3v) is 2.81. The third-order valence-electron chi connectivity index (χ3n) is 2.81. The van der Waals surface area contributed by atoms with Crippen molar-refractivity contribution >= 4 is 0 Å². The molecule has 0 aromatic carbocycles. The molecule has 20 heavy (non-hydrogen) atoms. The Kier molecular flexibility index (Phi) is 4.04. The van der Waals surface area contributed by atoms with Gasteiger partial charge in [-0.2, -0.15) is 0 Å². The highest BCUT2D eigenvalue weighted by atomic mass is 16.4. The highest BCUT2D eigenvalue weighted by molar-refractivity contribution is 5.50. The van der Waals surface area contributed by atoms with E-state index < -0.39 is 0 Å². The second-order valence-electron chi connectivity index (χ2n) is 5.79. The molecular weight excluding hydrogens is 256 g/mol. The molecule has 0 saturated heterocycles. The van der Waals surface area contributed by atoms with Crippen LogP contribution in [-0.4, -0.2) is 26.8 Å². The largest absolute Gasteiger partial charge is 0.421 e. The molecule has 0 saturated carbocycles. The molecule has 0 unspecified atom stereocenters. The summed E-state index contributed by atoms with van der Waals surface area (Å²) in [6, 6.07) is 3.27. The summed E-state index contributed by atoms with van der Waals surface area (Å²) in [6.45, 7) is 7.08. The molecule has 0 amide bonds. The van der Waals surface area contributed by atoms with Gasteiger partial charge < -0.3 is 14.3 Å². The Hall–Kier alpha value is -1.95. The zero-order chi connectivity index (χ0) is 14.8. The van der Waals surface area contributed by atoms with Gasteiger partial charge in [0.2, 0.25) is 11.8 Å². The number of aryl methyl sites for hydroxylation is 1. The first-order chi connectivity index (χ1) is 9.35. The molecular formula is C14H20N4O2. The van der Waals surface area contributed by atoms with E-state index in [1.807, 2.05) is 0 Å². The van der Waals surface area contributed by atoms with Crippen LogP contribution >= 0.6 is 0 Å². The van der Waals surface area contributed by atoms with Gasteiger partial charge in [0.25, 0.3) is 5.56 Å². The lowest BCUT2D eigenvalue weighted by Gasteiger charge is -2.19. The Balaban J connectivity index is 2.05. The van der Waals surface area contributed by atoms with Crippen molar-refractivity contribution < 1.29 is 4.42 Å². The topological polar surface area (TPSA) is 73.0 Å². The SMILES string of the molecule is Cn1ccc(-c2nnc(CCNC(C)(C)C)o2)cc1=O. The van der Waals surface area contributed by atoms with Gasteiger partial charge >= 0.3 is 0 Å². The van der Waals surface area contributed by atoms with Crippen molar-refractivity contribution in [2.45, 2.75) is 32.7 Å². The lowest BCUT2D eigenvalue weighted by atomic mass is 10.1. The standard InChI is InChI=1S/C14H20N4O2/c1-14(2,3)15-7-5-11-16-17-13(20-11)10-6-8-18(4)12(19)9-10/h6,8-9,15H,5,7H2,1-4H3. The van der Waals surface area contributed by atoms with Crippen molar-refractivity contribution in [3.8, 4) is 11.5 Å². The number of hydrogen-bond acceptors (Lipinski definition) is 5. The summed E-state index contributed by atoms with van der Waals surface area (Å²) < 4.78 is 7.06. The van der Waals surface area contributed by atoms with E-state index in [1.165, 1.54) is 10.6 Å². The predicted octanol–water partition coefficient (Wildman–Crippen LogP) is 1.37. The van der Waals surface area contributed by atoms with E-state index in [4.69, 9.17) is 4.42 Å². The van der Waals surface area contributed by atoms with E-state index in [2.05, 4.69) is 36.3 Å². The van der Waals surface area contributed by atoms with Crippen molar-refractivity contribution in [3.05, 3.63) is 34.6 Å². The second kappa shape index (κ2) is 5.58. The summed E-state index contributed by atoms with van der Waals surface area (Å²) >= 11 is 0. The highest BCUT2D eigenvalue weighted by Gasteiger charge is 2.12. The van der Waals surface area contributed by atoms with Crippen LogP contribution in [0.2, 0.25) is 0 Å². The van der Waals surface area contributed by atoms with Crippen molar-refractivity contribution in [1.29, 1.82) is 0 Å². The Morgan fingerprint density at radius 1 is 1.35 bits per heavy atom. The minimum absolute atomic E-state index is 0.0640. The molecule has 0 aliphatic carbocycles. The first-order valence-corrected chi connectivity index (χ1v) is 6.60. The quantitative estimate of drug-likeness (QED) is 0.913. The average molecular weight is 276 g/mol. The predicted molar refractivity (Wildman–Crippen MR) is 76.4 cm³/mol. The van der Waals surface area contributed by atoms with Gasteiger partial charge in [0, 0.05) is 43.4 Å². The fourth-order valence-corrected chi connectivity index (χ4v) is 1.70. The highest BCUT2D eigenvalue weighted by Crippen LogP contribution is 2.15. The van der Waals surface area contributed by atoms with Gasteiger partial charge in [-0.15, -0.1) is 10.2 Å². The summed E-state index contributed by atoms with van der Waals surface area (Å²) in [5.74, 6) is 0.950. The molecule has 2 aromatic rings. The van der Waals surface area contributed by atoms with E-state index in [1.54, 1.807) is 19.3 Å². The lowest BCUT2D eigenvalue weighted by molar-refractivity contribution is 0.412. The number of nitrogens with zero attached hydrogens (tertiary/aromatic N) is 3. The van der Waals surface area contributed by atoms with E-state index in [-0.39, 0.29) is 11.1 Å². The number of rotatable bonds is 4. The second-order valence-corrected chi connectivity index (χ2v) is 5.79.